The number of pyridine rings is 1. The predicted molar refractivity (Wildman–Crippen MR) is 91.3 cm³/mol. The summed E-state index contributed by atoms with van der Waals surface area (Å²) in [6.45, 7) is 6.12. The summed E-state index contributed by atoms with van der Waals surface area (Å²) in [5.74, 6) is 0.975. The molecular weight excluding hydrogens is 305 g/mol. The molecule has 5 nitrogen and oxygen atoms in total. The number of halogens is 1. The van der Waals surface area contributed by atoms with Gasteiger partial charge in [-0.2, -0.15) is 0 Å². The zero-order valence-electron chi connectivity index (χ0n) is 13.8. The van der Waals surface area contributed by atoms with E-state index in [1.54, 1.807) is 4.40 Å². The Morgan fingerprint density at radius 1 is 1.25 bits per heavy atom. The van der Waals surface area contributed by atoms with E-state index in [0.29, 0.717) is 11.6 Å². The second kappa shape index (κ2) is 5.40. The Hall–Kier alpha value is -2.76. The molecule has 6 heteroatoms. The van der Waals surface area contributed by atoms with Crippen molar-refractivity contribution in [1.29, 1.82) is 0 Å². The summed E-state index contributed by atoms with van der Waals surface area (Å²) in [6.07, 6.45) is 8.19. The van der Waals surface area contributed by atoms with E-state index in [-0.39, 0.29) is 5.82 Å². The molecule has 0 amide bonds. The van der Waals surface area contributed by atoms with Crippen LogP contribution in [0.2, 0.25) is 0 Å². The zero-order chi connectivity index (χ0) is 16.8. The van der Waals surface area contributed by atoms with Gasteiger partial charge >= 0.3 is 0 Å². The number of H-pyrrole nitrogens is 1. The molecule has 122 valence electrons. The van der Waals surface area contributed by atoms with Crippen molar-refractivity contribution in [2.45, 2.75) is 27.2 Å². The summed E-state index contributed by atoms with van der Waals surface area (Å²) >= 11 is 0. The van der Waals surface area contributed by atoms with Crippen LogP contribution in [0.3, 0.4) is 0 Å². The smallest absolute Gasteiger partial charge is 0.173 e. The van der Waals surface area contributed by atoms with E-state index >= 15 is 0 Å². The van der Waals surface area contributed by atoms with E-state index in [0.717, 1.165) is 40.1 Å². The average molecular weight is 323 g/mol. The van der Waals surface area contributed by atoms with Gasteiger partial charge in [0.2, 0.25) is 0 Å². The van der Waals surface area contributed by atoms with Gasteiger partial charge in [-0.1, -0.05) is 13.8 Å². The molecule has 0 atom stereocenters. The number of aromatic nitrogens is 5. The summed E-state index contributed by atoms with van der Waals surface area (Å²) in [4.78, 5) is 16.4. The summed E-state index contributed by atoms with van der Waals surface area (Å²) in [6, 6.07) is 1.51. The van der Waals surface area contributed by atoms with Crippen LogP contribution in [0.1, 0.15) is 25.4 Å². The Balaban J connectivity index is 1.84. The maximum atomic E-state index is 14.3. The molecule has 0 bridgehead atoms. The number of rotatable bonds is 3. The molecule has 0 aliphatic rings. The number of hydrogen-bond donors (Lipinski definition) is 1. The lowest BCUT2D eigenvalue weighted by Crippen LogP contribution is -2.00. The molecular formula is C18H18FN5. The largest absolute Gasteiger partial charge is 0.345 e. The fourth-order valence-corrected chi connectivity index (χ4v) is 2.97. The van der Waals surface area contributed by atoms with Crippen molar-refractivity contribution in [3.63, 3.8) is 0 Å². The fourth-order valence-electron chi connectivity index (χ4n) is 2.97. The second-order valence-corrected chi connectivity index (χ2v) is 6.54. The molecule has 0 aliphatic heterocycles. The topological polar surface area (TPSA) is 58.9 Å². The summed E-state index contributed by atoms with van der Waals surface area (Å²) in [5.41, 5.74) is 3.55. The lowest BCUT2D eigenvalue weighted by molar-refractivity contribution is 0.622. The average Bonchev–Trinajstić information content (AvgIpc) is 3.09. The molecule has 0 aliphatic carbocycles. The van der Waals surface area contributed by atoms with Crippen LogP contribution < -0.4 is 0 Å². The van der Waals surface area contributed by atoms with Crippen molar-refractivity contribution < 1.29 is 4.39 Å². The summed E-state index contributed by atoms with van der Waals surface area (Å²) in [5, 5.41) is 0.887. The maximum Gasteiger partial charge on any atom is 0.173 e. The number of fused-ring (bicyclic) bond motifs is 2. The number of nitrogens with zero attached hydrogens (tertiary/aromatic N) is 4. The first kappa shape index (κ1) is 14.8. The Morgan fingerprint density at radius 3 is 2.88 bits per heavy atom. The van der Waals surface area contributed by atoms with E-state index in [4.69, 9.17) is 0 Å². The summed E-state index contributed by atoms with van der Waals surface area (Å²) < 4.78 is 16.0. The van der Waals surface area contributed by atoms with Gasteiger partial charge in [-0.3, -0.25) is 0 Å². The Morgan fingerprint density at radius 2 is 2.08 bits per heavy atom. The van der Waals surface area contributed by atoms with Crippen molar-refractivity contribution in [2.75, 3.05) is 0 Å². The minimum atomic E-state index is -0.340. The molecule has 0 fully saturated rings. The second-order valence-electron chi connectivity index (χ2n) is 6.54. The van der Waals surface area contributed by atoms with Gasteiger partial charge in [0.1, 0.15) is 11.5 Å². The Labute approximate surface area is 138 Å². The third-order valence-corrected chi connectivity index (χ3v) is 4.01. The van der Waals surface area contributed by atoms with Crippen LogP contribution in [0.5, 0.6) is 0 Å². The van der Waals surface area contributed by atoms with Crippen LogP contribution in [0.15, 0.2) is 30.9 Å². The number of hydrogen-bond acceptors (Lipinski definition) is 3. The standard InChI is InChI=1S/C18H18FN5/c1-10(2)4-16-20-7-14-13(6-21-17(14)23-16)12-5-15(19)18-22-11(3)8-24(18)9-12/h5-10H,4H2,1-3H3,(H,20,21,23). The third kappa shape index (κ3) is 2.44. The molecule has 0 radical (unpaired) electrons. The minimum absolute atomic E-state index is 0.339. The van der Waals surface area contributed by atoms with Crippen LogP contribution in [-0.2, 0) is 6.42 Å². The van der Waals surface area contributed by atoms with Crippen molar-refractivity contribution in [3.8, 4) is 11.1 Å². The lowest BCUT2D eigenvalue weighted by atomic mass is 10.1. The monoisotopic (exact) mass is 323 g/mol. The van der Waals surface area contributed by atoms with Crippen LogP contribution in [0, 0.1) is 18.7 Å². The zero-order valence-corrected chi connectivity index (χ0v) is 13.8. The van der Waals surface area contributed by atoms with Gasteiger partial charge in [0.05, 0.1) is 5.69 Å². The van der Waals surface area contributed by atoms with E-state index in [9.17, 15) is 4.39 Å². The highest BCUT2D eigenvalue weighted by Gasteiger charge is 2.13. The van der Waals surface area contributed by atoms with Crippen molar-refractivity contribution in [2.24, 2.45) is 5.92 Å². The van der Waals surface area contributed by atoms with Gasteiger partial charge in [-0.15, -0.1) is 0 Å². The Kier molecular flexibility index (Phi) is 3.33. The molecule has 4 rings (SSSR count). The number of aromatic amines is 1. The van der Waals surface area contributed by atoms with Gasteiger partial charge in [0.25, 0.3) is 0 Å². The van der Waals surface area contributed by atoms with Gasteiger partial charge in [0.15, 0.2) is 11.5 Å². The maximum absolute atomic E-state index is 14.3. The van der Waals surface area contributed by atoms with Gasteiger partial charge in [0, 0.05) is 47.7 Å². The van der Waals surface area contributed by atoms with Crippen LogP contribution >= 0.6 is 0 Å². The van der Waals surface area contributed by atoms with Crippen LogP contribution in [0.25, 0.3) is 27.8 Å². The first-order valence-electron chi connectivity index (χ1n) is 7.99. The molecule has 1 N–H and O–H groups in total. The summed E-state index contributed by atoms with van der Waals surface area (Å²) in [7, 11) is 0. The molecule has 0 saturated carbocycles. The van der Waals surface area contributed by atoms with E-state index in [1.165, 1.54) is 6.07 Å². The number of imidazole rings is 1. The highest BCUT2D eigenvalue weighted by molar-refractivity contribution is 5.93. The van der Waals surface area contributed by atoms with Gasteiger partial charge in [-0.25, -0.2) is 19.3 Å². The van der Waals surface area contributed by atoms with Crippen molar-refractivity contribution >= 4 is 16.7 Å². The highest BCUT2D eigenvalue weighted by Crippen LogP contribution is 2.29. The highest BCUT2D eigenvalue weighted by atomic mass is 19.1. The van der Waals surface area contributed by atoms with Gasteiger partial charge < -0.3 is 9.38 Å². The minimum Gasteiger partial charge on any atom is -0.345 e. The third-order valence-electron chi connectivity index (χ3n) is 4.01. The lowest BCUT2D eigenvalue weighted by Gasteiger charge is -2.04. The van der Waals surface area contributed by atoms with E-state index < -0.39 is 0 Å². The fraction of sp³-hybridized carbons (Fsp3) is 0.278. The molecule has 0 unspecified atom stereocenters. The molecule has 4 aromatic heterocycles. The van der Waals surface area contributed by atoms with Gasteiger partial charge in [-0.05, 0) is 18.9 Å². The number of nitrogens with one attached hydrogen (secondary N) is 1. The molecule has 4 heterocycles. The molecule has 0 saturated heterocycles. The number of aryl methyl sites for hydroxylation is 1. The SMILES string of the molecule is Cc1cn2cc(-c3c[nH]c4nc(CC(C)C)ncc34)cc(F)c2n1. The first-order valence-corrected chi connectivity index (χ1v) is 7.99. The van der Waals surface area contributed by atoms with E-state index in [1.807, 2.05) is 31.7 Å². The molecule has 4 aromatic rings. The predicted octanol–water partition coefficient (Wildman–Crippen LogP) is 3.92. The quantitative estimate of drug-likeness (QED) is 0.621. The Bertz CT molecular complexity index is 1040. The molecule has 0 aromatic carbocycles. The van der Waals surface area contributed by atoms with Crippen LogP contribution in [0.4, 0.5) is 4.39 Å². The van der Waals surface area contributed by atoms with Crippen molar-refractivity contribution in [3.05, 3.63) is 48.2 Å². The molecule has 0 spiro atoms. The first-order chi connectivity index (χ1) is 11.5. The van der Waals surface area contributed by atoms with Crippen molar-refractivity contribution in [1.82, 2.24) is 24.3 Å². The molecule has 24 heavy (non-hydrogen) atoms. The van der Waals surface area contributed by atoms with E-state index in [2.05, 4.69) is 33.8 Å². The van der Waals surface area contributed by atoms with Crippen LogP contribution in [-0.4, -0.2) is 24.3 Å². The normalized spacial score (nSPS) is 11.9.